The molecule has 0 aliphatic heterocycles. The number of carbonyl (C=O) groups excluding carboxylic acids is 1. The van der Waals surface area contributed by atoms with Gasteiger partial charge in [-0.1, -0.05) is 27.7 Å². The van der Waals surface area contributed by atoms with E-state index in [1.54, 1.807) is 0 Å². The summed E-state index contributed by atoms with van der Waals surface area (Å²) in [6, 6.07) is 0.434. The molecule has 2 aliphatic carbocycles. The third-order valence-corrected chi connectivity index (χ3v) is 5.23. The van der Waals surface area contributed by atoms with Crippen molar-refractivity contribution in [3.63, 3.8) is 0 Å². The Morgan fingerprint density at radius 3 is 2.50 bits per heavy atom. The van der Waals surface area contributed by atoms with Crippen LogP contribution in [0.5, 0.6) is 0 Å². The van der Waals surface area contributed by atoms with Crippen LogP contribution in [-0.2, 0) is 4.79 Å². The summed E-state index contributed by atoms with van der Waals surface area (Å²) in [5, 5.41) is 3.13. The van der Waals surface area contributed by atoms with Gasteiger partial charge in [0.25, 0.3) is 0 Å². The molecule has 0 aromatic carbocycles. The summed E-state index contributed by atoms with van der Waals surface area (Å²) in [5.41, 5.74) is 6.04. The van der Waals surface area contributed by atoms with E-state index in [1.807, 2.05) is 6.92 Å². The molecule has 5 atom stereocenters. The molecule has 18 heavy (non-hydrogen) atoms. The van der Waals surface area contributed by atoms with E-state index in [0.717, 1.165) is 18.4 Å². The topological polar surface area (TPSA) is 55.1 Å². The second-order valence-electron chi connectivity index (χ2n) is 7.49. The summed E-state index contributed by atoms with van der Waals surface area (Å²) >= 11 is 0. The quantitative estimate of drug-likeness (QED) is 0.808. The molecule has 0 saturated heterocycles. The van der Waals surface area contributed by atoms with Crippen LogP contribution in [0.25, 0.3) is 0 Å². The van der Waals surface area contributed by atoms with Crippen LogP contribution < -0.4 is 11.1 Å². The van der Waals surface area contributed by atoms with Gasteiger partial charge >= 0.3 is 0 Å². The van der Waals surface area contributed by atoms with Gasteiger partial charge in [-0.15, -0.1) is 0 Å². The van der Waals surface area contributed by atoms with Crippen molar-refractivity contribution in [3.8, 4) is 0 Å². The molecular formula is C15H28N2O. The smallest absolute Gasteiger partial charge is 0.223 e. The number of amides is 1. The monoisotopic (exact) mass is 252 g/mol. The lowest BCUT2D eigenvalue weighted by molar-refractivity contribution is -0.127. The van der Waals surface area contributed by atoms with Gasteiger partial charge in [-0.2, -0.15) is 0 Å². The Hall–Kier alpha value is -0.570. The number of hydrogen-bond donors (Lipinski definition) is 2. The number of carbonyl (C=O) groups is 1. The van der Waals surface area contributed by atoms with E-state index >= 15 is 0 Å². The zero-order valence-corrected chi connectivity index (χ0v) is 12.2. The molecule has 0 aromatic rings. The number of rotatable bonds is 3. The fourth-order valence-electron chi connectivity index (χ4n) is 3.36. The number of hydrogen-bond acceptors (Lipinski definition) is 2. The van der Waals surface area contributed by atoms with Crippen molar-refractivity contribution in [2.75, 3.05) is 6.54 Å². The molecule has 2 aliphatic rings. The number of nitrogens with one attached hydrogen (secondary N) is 1. The zero-order chi connectivity index (χ0) is 13.5. The van der Waals surface area contributed by atoms with Gasteiger partial charge in [-0.3, -0.25) is 4.79 Å². The van der Waals surface area contributed by atoms with Crippen molar-refractivity contribution in [1.29, 1.82) is 0 Å². The van der Waals surface area contributed by atoms with Crippen molar-refractivity contribution in [2.45, 2.75) is 53.0 Å². The number of nitrogens with two attached hydrogens (primary N) is 1. The van der Waals surface area contributed by atoms with E-state index in [1.165, 1.54) is 19.3 Å². The van der Waals surface area contributed by atoms with Gasteiger partial charge in [0.05, 0.1) is 0 Å². The largest absolute Gasteiger partial charge is 0.356 e. The average molecular weight is 252 g/mol. The zero-order valence-electron chi connectivity index (χ0n) is 12.2. The third-order valence-electron chi connectivity index (χ3n) is 5.23. The molecule has 3 N–H and O–H groups in total. The molecule has 0 bridgehead atoms. The van der Waals surface area contributed by atoms with E-state index < -0.39 is 0 Å². The lowest BCUT2D eigenvalue weighted by Gasteiger charge is -2.37. The second-order valence-corrected chi connectivity index (χ2v) is 7.49. The van der Waals surface area contributed by atoms with Crippen LogP contribution in [0.1, 0.15) is 47.0 Å². The first-order valence-corrected chi connectivity index (χ1v) is 7.32. The molecule has 0 aromatic heterocycles. The van der Waals surface area contributed by atoms with Gasteiger partial charge in [0.15, 0.2) is 0 Å². The highest BCUT2D eigenvalue weighted by atomic mass is 16.1. The molecule has 2 rings (SSSR count). The minimum atomic E-state index is 0.0428. The lowest BCUT2D eigenvalue weighted by Crippen LogP contribution is -2.44. The van der Waals surface area contributed by atoms with Gasteiger partial charge < -0.3 is 11.1 Å². The fourth-order valence-corrected chi connectivity index (χ4v) is 3.36. The SMILES string of the molecule is CC(C(=O)NCC1CC2CC(N)C2C1)C(C)(C)C. The molecule has 3 heteroatoms. The molecule has 0 radical (unpaired) electrons. The molecule has 0 spiro atoms. The van der Waals surface area contributed by atoms with Crippen molar-refractivity contribution in [2.24, 2.45) is 34.8 Å². The van der Waals surface area contributed by atoms with Crippen molar-refractivity contribution < 1.29 is 4.79 Å². The molecule has 104 valence electrons. The van der Waals surface area contributed by atoms with Gasteiger partial charge in [0.2, 0.25) is 5.91 Å². The predicted octanol–water partition coefficient (Wildman–Crippen LogP) is 2.16. The minimum absolute atomic E-state index is 0.0428. The van der Waals surface area contributed by atoms with Crippen LogP contribution in [0.4, 0.5) is 0 Å². The van der Waals surface area contributed by atoms with Crippen LogP contribution in [0.3, 0.4) is 0 Å². The summed E-state index contributed by atoms with van der Waals surface area (Å²) in [6.07, 6.45) is 3.69. The highest BCUT2D eigenvalue weighted by Gasteiger charge is 2.45. The minimum Gasteiger partial charge on any atom is -0.356 e. The molecule has 0 heterocycles. The Balaban J connectivity index is 1.74. The van der Waals surface area contributed by atoms with Crippen molar-refractivity contribution in [1.82, 2.24) is 5.32 Å². The van der Waals surface area contributed by atoms with Gasteiger partial charge in [-0.05, 0) is 42.4 Å². The first kappa shape index (κ1) is 13.9. The van der Waals surface area contributed by atoms with Gasteiger partial charge in [0.1, 0.15) is 0 Å². The van der Waals surface area contributed by atoms with Gasteiger partial charge in [-0.25, -0.2) is 0 Å². The maximum absolute atomic E-state index is 12.1. The summed E-state index contributed by atoms with van der Waals surface area (Å²) in [5.74, 6) is 2.52. The standard InChI is InChI=1S/C15H28N2O/c1-9(15(2,3)4)14(18)17-8-10-5-11-7-13(16)12(11)6-10/h9-13H,5-8,16H2,1-4H3,(H,17,18). The van der Waals surface area contributed by atoms with Crippen molar-refractivity contribution in [3.05, 3.63) is 0 Å². The Bertz CT molecular complexity index is 321. The summed E-state index contributed by atoms with van der Waals surface area (Å²) in [6.45, 7) is 9.22. The molecular weight excluding hydrogens is 224 g/mol. The molecule has 2 saturated carbocycles. The highest BCUT2D eigenvalue weighted by molar-refractivity contribution is 5.78. The second kappa shape index (κ2) is 4.84. The Kier molecular flexibility index (Phi) is 3.72. The average Bonchev–Trinajstić information content (AvgIpc) is 2.60. The van der Waals surface area contributed by atoms with Crippen LogP contribution in [-0.4, -0.2) is 18.5 Å². The molecule has 5 unspecified atom stereocenters. The van der Waals surface area contributed by atoms with E-state index in [-0.39, 0.29) is 17.2 Å². The lowest BCUT2D eigenvalue weighted by atomic mass is 9.72. The Morgan fingerprint density at radius 2 is 2.00 bits per heavy atom. The first-order chi connectivity index (χ1) is 8.29. The molecule has 1 amide bonds. The fraction of sp³-hybridized carbons (Fsp3) is 0.933. The van der Waals surface area contributed by atoms with Crippen LogP contribution in [0, 0.1) is 29.1 Å². The summed E-state index contributed by atoms with van der Waals surface area (Å²) < 4.78 is 0. The highest BCUT2D eigenvalue weighted by Crippen LogP contribution is 2.48. The summed E-state index contributed by atoms with van der Waals surface area (Å²) in [4.78, 5) is 12.1. The molecule has 2 fully saturated rings. The van der Waals surface area contributed by atoms with E-state index in [0.29, 0.717) is 12.0 Å². The third kappa shape index (κ3) is 2.71. The predicted molar refractivity (Wildman–Crippen MR) is 73.9 cm³/mol. The number of fused-ring (bicyclic) bond motifs is 1. The Morgan fingerprint density at radius 1 is 1.33 bits per heavy atom. The maximum atomic E-state index is 12.1. The van der Waals surface area contributed by atoms with Crippen molar-refractivity contribution >= 4 is 5.91 Å². The Labute approximate surface area is 111 Å². The molecule has 3 nitrogen and oxygen atoms in total. The normalized spacial score (nSPS) is 36.7. The van der Waals surface area contributed by atoms with Crippen LogP contribution in [0.2, 0.25) is 0 Å². The maximum Gasteiger partial charge on any atom is 0.223 e. The van der Waals surface area contributed by atoms with Crippen LogP contribution >= 0.6 is 0 Å². The summed E-state index contributed by atoms with van der Waals surface area (Å²) in [7, 11) is 0. The van der Waals surface area contributed by atoms with E-state index in [2.05, 4.69) is 26.1 Å². The van der Waals surface area contributed by atoms with E-state index in [4.69, 9.17) is 5.73 Å². The first-order valence-electron chi connectivity index (χ1n) is 7.32. The van der Waals surface area contributed by atoms with E-state index in [9.17, 15) is 4.79 Å². The van der Waals surface area contributed by atoms with Gasteiger partial charge in [0, 0.05) is 18.5 Å². The van der Waals surface area contributed by atoms with Crippen LogP contribution in [0.15, 0.2) is 0 Å².